The lowest BCUT2D eigenvalue weighted by molar-refractivity contribution is 0.0816. The number of ether oxygens (including phenoxy) is 2. The highest BCUT2D eigenvalue weighted by Gasteiger charge is 2.21. The van der Waals surface area contributed by atoms with Gasteiger partial charge in [-0.25, -0.2) is 14.6 Å². The van der Waals surface area contributed by atoms with Crippen LogP contribution in [-0.2, 0) is 9.47 Å². The maximum Gasteiger partial charge on any atom is 0.245 e. The van der Waals surface area contributed by atoms with Gasteiger partial charge in [0.25, 0.3) is 0 Å². The zero-order valence-electron chi connectivity index (χ0n) is 22.4. The summed E-state index contributed by atoms with van der Waals surface area (Å²) < 4.78 is 12.7. The monoisotopic (exact) mass is 537 g/mol. The van der Waals surface area contributed by atoms with Crippen LogP contribution in [0, 0.1) is 11.3 Å². The molecule has 0 saturated carbocycles. The summed E-state index contributed by atoms with van der Waals surface area (Å²) in [7, 11) is 1.77. The summed E-state index contributed by atoms with van der Waals surface area (Å²) in [5.74, 6) is 1.21. The lowest BCUT2D eigenvalue weighted by Crippen LogP contribution is -2.37. The lowest BCUT2D eigenvalue weighted by atomic mass is 10.1. The summed E-state index contributed by atoms with van der Waals surface area (Å²) in [6.07, 6.45) is 5.74. The van der Waals surface area contributed by atoms with Crippen molar-refractivity contribution in [1.82, 2.24) is 24.7 Å². The number of rotatable bonds is 7. The first-order chi connectivity index (χ1) is 19.7. The standard InChI is InChI=1S/C29H31N9O2/c1-39-26-7-10-37(11-8-26)29-32-20-38(35-29)24-4-2-23(3-5-24)33-28-31-9-6-27(34-28)22-16-21(19-30)17-25(18-22)36-12-14-40-15-13-36/h2-6,9,16-18,20,26H,7-8,10-15H2,1H3,(H,31,33,34). The fourth-order valence-corrected chi connectivity index (χ4v) is 5.05. The van der Waals surface area contributed by atoms with Crippen molar-refractivity contribution >= 4 is 23.3 Å². The fourth-order valence-electron chi connectivity index (χ4n) is 5.05. The van der Waals surface area contributed by atoms with Crippen molar-refractivity contribution in [2.45, 2.75) is 18.9 Å². The Morgan fingerprint density at radius 2 is 1.75 bits per heavy atom. The van der Waals surface area contributed by atoms with Gasteiger partial charge in [0.05, 0.1) is 42.3 Å². The first-order valence-electron chi connectivity index (χ1n) is 13.5. The van der Waals surface area contributed by atoms with E-state index in [2.05, 4.69) is 42.3 Å². The normalized spacial score (nSPS) is 16.1. The number of piperidine rings is 1. The SMILES string of the molecule is COC1CCN(c2ncn(-c3ccc(Nc4nccc(-c5cc(C#N)cc(N6CCOCC6)c5)n4)cc3)n2)CC1. The fraction of sp³-hybridized carbons (Fsp3) is 0.345. The third kappa shape index (κ3) is 5.73. The van der Waals surface area contributed by atoms with Gasteiger partial charge in [0.15, 0.2) is 0 Å². The summed E-state index contributed by atoms with van der Waals surface area (Å²) >= 11 is 0. The number of nitrogens with one attached hydrogen (secondary N) is 1. The van der Waals surface area contributed by atoms with Crippen molar-refractivity contribution in [2.75, 3.05) is 61.6 Å². The molecule has 2 fully saturated rings. The number of hydrogen-bond donors (Lipinski definition) is 1. The number of aromatic nitrogens is 5. The van der Waals surface area contributed by atoms with Crippen molar-refractivity contribution in [1.29, 1.82) is 5.26 Å². The van der Waals surface area contributed by atoms with E-state index in [0.29, 0.717) is 30.8 Å². The Morgan fingerprint density at radius 1 is 0.950 bits per heavy atom. The molecule has 2 saturated heterocycles. The largest absolute Gasteiger partial charge is 0.381 e. The molecule has 11 nitrogen and oxygen atoms in total. The van der Waals surface area contributed by atoms with Crippen molar-refractivity contribution in [3.63, 3.8) is 0 Å². The summed E-state index contributed by atoms with van der Waals surface area (Å²) in [6.45, 7) is 4.73. The number of hydrogen-bond acceptors (Lipinski definition) is 10. The van der Waals surface area contributed by atoms with Gasteiger partial charge in [-0.3, -0.25) is 0 Å². The second kappa shape index (κ2) is 11.7. The Morgan fingerprint density at radius 3 is 2.50 bits per heavy atom. The second-order valence-electron chi connectivity index (χ2n) is 9.83. The predicted octanol–water partition coefficient (Wildman–Crippen LogP) is 3.79. The molecule has 0 aliphatic carbocycles. The van der Waals surface area contributed by atoms with Crippen molar-refractivity contribution in [2.24, 2.45) is 0 Å². The number of nitrogens with zero attached hydrogens (tertiary/aromatic N) is 8. The third-order valence-corrected chi connectivity index (χ3v) is 7.30. The molecular formula is C29H31N9O2. The highest BCUT2D eigenvalue weighted by Crippen LogP contribution is 2.27. The van der Waals surface area contributed by atoms with Crippen LogP contribution in [0.4, 0.5) is 23.3 Å². The van der Waals surface area contributed by atoms with Crippen LogP contribution in [0.1, 0.15) is 18.4 Å². The molecule has 2 aromatic heterocycles. The Balaban J connectivity index is 1.15. The van der Waals surface area contributed by atoms with E-state index < -0.39 is 0 Å². The van der Waals surface area contributed by atoms with Crippen LogP contribution in [0.3, 0.4) is 0 Å². The Bertz CT molecular complexity index is 1480. The maximum absolute atomic E-state index is 9.62. The minimum absolute atomic E-state index is 0.318. The number of nitriles is 1. The third-order valence-electron chi connectivity index (χ3n) is 7.30. The number of methoxy groups -OCH3 is 1. The molecule has 2 aliphatic heterocycles. The zero-order valence-corrected chi connectivity index (χ0v) is 22.4. The van der Waals surface area contributed by atoms with E-state index in [1.54, 1.807) is 24.3 Å². The van der Waals surface area contributed by atoms with Crippen LogP contribution in [0.2, 0.25) is 0 Å². The lowest BCUT2D eigenvalue weighted by Gasteiger charge is -2.30. The number of anilines is 4. The van der Waals surface area contributed by atoms with Crippen LogP contribution in [0.5, 0.6) is 0 Å². The molecule has 6 rings (SSSR count). The summed E-state index contributed by atoms with van der Waals surface area (Å²) in [4.78, 5) is 18.1. The van der Waals surface area contributed by atoms with Gasteiger partial charge >= 0.3 is 0 Å². The molecular weight excluding hydrogens is 506 g/mol. The minimum atomic E-state index is 0.318. The molecule has 204 valence electrons. The first kappa shape index (κ1) is 25.7. The quantitative estimate of drug-likeness (QED) is 0.373. The second-order valence-corrected chi connectivity index (χ2v) is 9.83. The topological polar surface area (TPSA) is 117 Å². The van der Waals surface area contributed by atoms with E-state index in [1.807, 2.05) is 42.5 Å². The molecule has 1 N–H and O–H groups in total. The first-order valence-corrected chi connectivity index (χ1v) is 13.5. The van der Waals surface area contributed by atoms with Crippen LogP contribution in [-0.4, -0.2) is 77.3 Å². The van der Waals surface area contributed by atoms with Gasteiger partial charge in [0.1, 0.15) is 6.33 Å². The van der Waals surface area contributed by atoms with Crippen LogP contribution >= 0.6 is 0 Å². The molecule has 0 spiro atoms. The van der Waals surface area contributed by atoms with E-state index >= 15 is 0 Å². The van der Waals surface area contributed by atoms with Crippen molar-refractivity contribution in [3.8, 4) is 23.0 Å². The molecule has 2 aromatic carbocycles. The van der Waals surface area contributed by atoms with E-state index in [1.165, 1.54) is 0 Å². The van der Waals surface area contributed by atoms with E-state index in [9.17, 15) is 5.26 Å². The van der Waals surface area contributed by atoms with Crippen molar-refractivity contribution in [3.05, 3.63) is 66.6 Å². The molecule has 4 aromatic rings. The molecule has 4 heterocycles. The van der Waals surface area contributed by atoms with Gasteiger partial charge in [0, 0.05) is 56.4 Å². The van der Waals surface area contributed by atoms with Crippen LogP contribution < -0.4 is 15.1 Å². The highest BCUT2D eigenvalue weighted by molar-refractivity contribution is 5.70. The Hall–Kier alpha value is -4.53. The highest BCUT2D eigenvalue weighted by atomic mass is 16.5. The molecule has 0 atom stereocenters. The summed E-state index contributed by atoms with van der Waals surface area (Å²) in [6, 6.07) is 17.9. The molecule has 0 radical (unpaired) electrons. The molecule has 2 aliphatic rings. The van der Waals surface area contributed by atoms with Crippen molar-refractivity contribution < 1.29 is 9.47 Å². The van der Waals surface area contributed by atoms with E-state index in [-0.39, 0.29) is 0 Å². The van der Waals surface area contributed by atoms with Gasteiger partial charge < -0.3 is 24.6 Å². The smallest absolute Gasteiger partial charge is 0.245 e. The summed E-state index contributed by atoms with van der Waals surface area (Å²) in [5.41, 5.74) is 4.97. The number of benzene rings is 2. The molecule has 40 heavy (non-hydrogen) atoms. The predicted molar refractivity (Wildman–Crippen MR) is 152 cm³/mol. The van der Waals surface area contributed by atoms with Gasteiger partial charge in [-0.1, -0.05) is 0 Å². The van der Waals surface area contributed by atoms with Crippen LogP contribution in [0.25, 0.3) is 16.9 Å². The molecule has 11 heteroatoms. The molecule has 0 bridgehead atoms. The average molecular weight is 538 g/mol. The zero-order chi connectivity index (χ0) is 27.3. The average Bonchev–Trinajstić information content (AvgIpc) is 3.52. The minimum Gasteiger partial charge on any atom is -0.381 e. The Kier molecular flexibility index (Phi) is 7.52. The molecule has 0 unspecified atom stereocenters. The van der Waals surface area contributed by atoms with Crippen LogP contribution in [0.15, 0.2) is 61.1 Å². The van der Waals surface area contributed by atoms with Gasteiger partial charge in [-0.05, 0) is 61.4 Å². The summed E-state index contributed by atoms with van der Waals surface area (Å²) in [5, 5.41) is 17.6. The van der Waals surface area contributed by atoms with Gasteiger partial charge in [-0.2, -0.15) is 10.2 Å². The number of morpholine rings is 1. The van der Waals surface area contributed by atoms with E-state index in [4.69, 9.17) is 14.5 Å². The maximum atomic E-state index is 9.62. The Labute approximate surface area is 233 Å². The van der Waals surface area contributed by atoms with Gasteiger partial charge in [-0.15, -0.1) is 5.10 Å². The van der Waals surface area contributed by atoms with E-state index in [0.717, 1.165) is 73.3 Å². The van der Waals surface area contributed by atoms with Gasteiger partial charge in [0.2, 0.25) is 11.9 Å². The molecule has 0 amide bonds.